The van der Waals surface area contributed by atoms with Gasteiger partial charge in [-0.05, 0) is 30.9 Å². The van der Waals surface area contributed by atoms with Crippen molar-refractivity contribution in [3.8, 4) is 0 Å². The monoisotopic (exact) mass is 303 g/mol. The van der Waals surface area contributed by atoms with Gasteiger partial charge in [-0.15, -0.1) is 0 Å². The van der Waals surface area contributed by atoms with Crippen molar-refractivity contribution in [2.75, 3.05) is 6.54 Å². The van der Waals surface area contributed by atoms with Crippen molar-refractivity contribution in [2.24, 2.45) is 5.92 Å². The zero-order chi connectivity index (χ0) is 15.5. The van der Waals surface area contributed by atoms with Crippen molar-refractivity contribution in [1.82, 2.24) is 4.90 Å². The van der Waals surface area contributed by atoms with Crippen LogP contribution in [0.4, 0.5) is 4.39 Å². The number of amides is 2. The maximum Gasteiger partial charge on any atom is 0.261 e. The van der Waals surface area contributed by atoms with E-state index < -0.39 is 6.17 Å². The SMILES string of the molecule is O=C1c2ccccc2C(=O)N1CC(F)CCC1CCCCC1. The quantitative estimate of drug-likeness (QED) is 0.772. The lowest BCUT2D eigenvalue weighted by molar-refractivity contribution is 0.0604. The smallest absolute Gasteiger partial charge is 0.261 e. The highest BCUT2D eigenvalue weighted by molar-refractivity contribution is 6.21. The van der Waals surface area contributed by atoms with Crippen molar-refractivity contribution >= 4 is 11.8 Å². The molecule has 0 N–H and O–H groups in total. The molecule has 0 spiro atoms. The van der Waals surface area contributed by atoms with Gasteiger partial charge in [0.15, 0.2) is 0 Å². The van der Waals surface area contributed by atoms with Gasteiger partial charge in [0.25, 0.3) is 11.8 Å². The third kappa shape index (κ3) is 3.06. The molecule has 22 heavy (non-hydrogen) atoms. The minimum absolute atomic E-state index is 0.112. The maximum atomic E-state index is 14.2. The van der Waals surface area contributed by atoms with E-state index in [0.717, 1.165) is 11.3 Å². The summed E-state index contributed by atoms with van der Waals surface area (Å²) in [5.41, 5.74) is 0.791. The molecule has 0 radical (unpaired) electrons. The summed E-state index contributed by atoms with van der Waals surface area (Å²) in [7, 11) is 0. The first-order valence-electron chi connectivity index (χ1n) is 8.26. The van der Waals surface area contributed by atoms with Gasteiger partial charge in [0.1, 0.15) is 6.17 Å². The molecule has 1 aromatic rings. The van der Waals surface area contributed by atoms with Crippen molar-refractivity contribution in [3.05, 3.63) is 35.4 Å². The van der Waals surface area contributed by atoms with E-state index >= 15 is 0 Å². The summed E-state index contributed by atoms with van der Waals surface area (Å²) in [6.07, 6.45) is 6.37. The molecule has 1 heterocycles. The molecule has 1 aromatic carbocycles. The Hall–Kier alpha value is -1.71. The number of carbonyl (C=O) groups excluding carboxylic acids is 2. The van der Waals surface area contributed by atoms with Crippen LogP contribution in [-0.2, 0) is 0 Å². The van der Waals surface area contributed by atoms with Gasteiger partial charge in [-0.1, -0.05) is 44.2 Å². The minimum Gasteiger partial charge on any atom is -0.271 e. The number of rotatable bonds is 5. The van der Waals surface area contributed by atoms with E-state index in [0.29, 0.717) is 23.5 Å². The Morgan fingerprint density at radius 1 is 1.05 bits per heavy atom. The van der Waals surface area contributed by atoms with Gasteiger partial charge >= 0.3 is 0 Å². The Labute approximate surface area is 130 Å². The van der Waals surface area contributed by atoms with E-state index in [9.17, 15) is 14.0 Å². The van der Waals surface area contributed by atoms with Crippen LogP contribution >= 0.6 is 0 Å². The highest BCUT2D eigenvalue weighted by Crippen LogP contribution is 2.29. The third-order valence-electron chi connectivity index (χ3n) is 4.87. The molecular formula is C18H22FNO2. The predicted octanol–water partition coefficient (Wildman–Crippen LogP) is 3.98. The summed E-state index contributed by atoms with van der Waals surface area (Å²) in [5, 5.41) is 0. The minimum atomic E-state index is -1.12. The second kappa shape index (κ2) is 6.59. The molecule has 4 heteroatoms. The van der Waals surface area contributed by atoms with Gasteiger partial charge in [0.2, 0.25) is 0 Å². The average Bonchev–Trinajstić information content (AvgIpc) is 2.79. The van der Waals surface area contributed by atoms with Crippen LogP contribution in [0.15, 0.2) is 24.3 Å². The zero-order valence-electron chi connectivity index (χ0n) is 12.8. The molecule has 3 rings (SSSR count). The zero-order valence-corrected chi connectivity index (χ0v) is 12.8. The van der Waals surface area contributed by atoms with E-state index in [1.165, 1.54) is 32.1 Å². The molecule has 0 aromatic heterocycles. The fourth-order valence-corrected chi connectivity index (χ4v) is 3.59. The number of hydrogen-bond acceptors (Lipinski definition) is 2. The fraction of sp³-hybridized carbons (Fsp3) is 0.556. The van der Waals surface area contributed by atoms with Gasteiger partial charge in [-0.3, -0.25) is 14.5 Å². The number of alkyl halides is 1. The van der Waals surface area contributed by atoms with E-state index in [-0.39, 0.29) is 18.4 Å². The molecule has 1 atom stereocenters. The first-order valence-corrected chi connectivity index (χ1v) is 8.26. The third-order valence-corrected chi connectivity index (χ3v) is 4.87. The molecule has 1 fully saturated rings. The van der Waals surface area contributed by atoms with Crippen molar-refractivity contribution < 1.29 is 14.0 Å². The Balaban J connectivity index is 1.55. The molecule has 0 bridgehead atoms. The van der Waals surface area contributed by atoms with Crippen LogP contribution in [0.5, 0.6) is 0 Å². The number of halogens is 1. The normalized spacial score (nSPS) is 20.3. The Morgan fingerprint density at radius 3 is 2.23 bits per heavy atom. The summed E-state index contributed by atoms with van der Waals surface area (Å²) >= 11 is 0. The lowest BCUT2D eigenvalue weighted by atomic mass is 9.85. The van der Waals surface area contributed by atoms with Crippen LogP contribution in [0.2, 0.25) is 0 Å². The fourth-order valence-electron chi connectivity index (χ4n) is 3.59. The number of carbonyl (C=O) groups is 2. The number of benzene rings is 1. The highest BCUT2D eigenvalue weighted by atomic mass is 19.1. The van der Waals surface area contributed by atoms with Crippen LogP contribution in [0.3, 0.4) is 0 Å². The van der Waals surface area contributed by atoms with Gasteiger partial charge in [0, 0.05) is 0 Å². The summed E-state index contributed by atoms with van der Waals surface area (Å²) in [6.45, 7) is -0.112. The molecule has 1 saturated carbocycles. The number of hydrogen-bond donors (Lipinski definition) is 0. The summed E-state index contributed by atoms with van der Waals surface area (Å²) < 4.78 is 14.2. The molecule has 1 aliphatic carbocycles. The Bertz CT molecular complexity index is 531. The Morgan fingerprint density at radius 2 is 1.64 bits per heavy atom. The number of nitrogens with zero attached hydrogens (tertiary/aromatic N) is 1. The number of imide groups is 1. The molecule has 1 aliphatic heterocycles. The molecule has 3 nitrogen and oxygen atoms in total. The van der Waals surface area contributed by atoms with Gasteiger partial charge in [-0.25, -0.2) is 4.39 Å². The van der Waals surface area contributed by atoms with Crippen molar-refractivity contribution in [1.29, 1.82) is 0 Å². The summed E-state index contributed by atoms with van der Waals surface area (Å²) in [5.74, 6) is -0.101. The van der Waals surface area contributed by atoms with E-state index in [4.69, 9.17) is 0 Å². The molecular weight excluding hydrogens is 281 g/mol. The van der Waals surface area contributed by atoms with Gasteiger partial charge in [-0.2, -0.15) is 0 Å². The van der Waals surface area contributed by atoms with E-state index in [2.05, 4.69) is 0 Å². The largest absolute Gasteiger partial charge is 0.271 e. The Kier molecular flexibility index (Phi) is 4.55. The van der Waals surface area contributed by atoms with Crippen LogP contribution in [-0.4, -0.2) is 29.4 Å². The first-order chi connectivity index (χ1) is 10.7. The van der Waals surface area contributed by atoms with Crippen molar-refractivity contribution in [3.63, 3.8) is 0 Å². The second-order valence-electron chi connectivity index (χ2n) is 6.45. The van der Waals surface area contributed by atoms with E-state index in [1.54, 1.807) is 24.3 Å². The summed E-state index contributed by atoms with van der Waals surface area (Å²) in [6, 6.07) is 6.71. The maximum absolute atomic E-state index is 14.2. The lowest BCUT2D eigenvalue weighted by Crippen LogP contribution is -2.35. The number of fused-ring (bicyclic) bond motifs is 1. The standard InChI is InChI=1S/C18H22FNO2/c19-14(11-10-13-6-2-1-3-7-13)12-20-17(21)15-8-4-5-9-16(15)18(20)22/h4-5,8-9,13-14H,1-3,6-7,10-12H2. The predicted molar refractivity (Wildman–Crippen MR) is 82.5 cm³/mol. The van der Waals surface area contributed by atoms with E-state index in [1.807, 2.05) is 0 Å². The van der Waals surface area contributed by atoms with Crippen LogP contribution in [0, 0.1) is 5.92 Å². The van der Waals surface area contributed by atoms with Gasteiger partial charge < -0.3 is 0 Å². The molecule has 118 valence electrons. The average molecular weight is 303 g/mol. The summed E-state index contributed by atoms with van der Waals surface area (Å²) in [4.78, 5) is 25.4. The van der Waals surface area contributed by atoms with Crippen LogP contribution in [0.1, 0.15) is 65.7 Å². The molecule has 2 aliphatic rings. The molecule has 1 unspecified atom stereocenters. The molecule has 2 amide bonds. The van der Waals surface area contributed by atoms with Gasteiger partial charge in [0.05, 0.1) is 17.7 Å². The second-order valence-corrected chi connectivity index (χ2v) is 6.45. The van der Waals surface area contributed by atoms with Crippen LogP contribution in [0.25, 0.3) is 0 Å². The highest BCUT2D eigenvalue weighted by Gasteiger charge is 2.36. The molecule has 0 saturated heterocycles. The first kappa shape index (κ1) is 15.2. The van der Waals surface area contributed by atoms with Crippen LogP contribution < -0.4 is 0 Å². The topological polar surface area (TPSA) is 37.4 Å². The lowest BCUT2D eigenvalue weighted by Gasteiger charge is -2.23. The van der Waals surface area contributed by atoms with Crippen molar-refractivity contribution in [2.45, 2.75) is 51.1 Å².